The lowest BCUT2D eigenvalue weighted by atomic mass is 9.74. The van der Waals surface area contributed by atoms with Gasteiger partial charge in [-0.1, -0.05) is 72.3 Å². The summed E-state index contributed by atoms with van der Waals surface area (Å²) in [6.45, 7) is 11.4. The van der Waals surface area contributed by atoms with Gasteiger partial charge in [0, 0.05) is 23.0 Å². The van der Waals surface area contributed by atoms with Gasteiger partial charge in [0.1, 0.15) is 29.8 Å². The second-order valence-corrected chi connectivity index (χ2v) is 15.2. The zero-order valence-corrected chi connectivity index (χ0v) is 29.0. The minimum absolute atomic E-state index is 0.120. The van der Waals surface area contributed by atoms with Crippen molar-refractivity contribution < 1.29 is 33.8 Å². The van der Waals surface area contributed by atoms with E-state index in [4.69, 9.17) is 9.47 Å². The molecule has 0 aromatic heterocycles. The molecule has 0 radical (unpaired) electrons. The number of esters is 1. The minimum Gasteiger partial charge on any atom is -0.455 e. The van der Waals surface area contributed by atoms with Gasteiger partial charge in [0.05, 0.1) is 24.6 Å². The van der Waals surface area contributed by atoms with Gasteiger partial charge in [-0.2, -0.15) is 0 Å². The van der Waals surface area contributed by atoms with Crippen molar-refractivity contribution >= 4 is 39.6 Å². The Balaban J connectivity index is 1.66. The van der Waals surface area contributed by atoms with E-state index in [2.05, 4.69) is 21.2 Å². The number of nitrogens with zero attached hydrogens (tertiary/aromatic N) is 2. The first kappa shape index (κ1) is 34.3. The number of benzene rings is 1. The SMILES string of the molecule is CC(C)C[C@H](CO)N1C(=O)[C@H]2[C@@H]3C(=O)O[C@H](c4ccccc4)[C@@H](C)NC(=O)CC/C=C\CN(C(C)(C)C)C(=O)[C@H]1[C@@]21C=C(Br)[C@@H]3O1. The number of likely N-dealkylation sites (tertiary alicyclic amines) is 1. The van der Waals surface area contributed by atoms with Crippen molar-refractivity contribution in [1.82, 2.24) is 15.1 Å². The highest BCUT2D eigenvalue weighted by atomic mass is 79.9. The third-order valence-electron chi connectivity index (χ3n) is 9.50. The summed E-state index contributed by atoms with van der Waals surface area (Å²) in [6, 6.07) is 6.82. The first-order chi connectivity index (χ1) is 21.7. The molecular weight excluding hydrogens is 654 g/mol. The van der Waals surface area contributed by atoms with E-state index in [-0.39, 0.29) is 37.3 Å². The van der Waals surface area contributed by atoms with Crippen LogP contribution in [0.15, 0.2) is 53.0 Å². The molecule has 10 nitrogen and oxygen atoms in total. The summed E-state index contributed by atoms with van der Waals surface area (Å²) in [5.74, 6) is -3.58. The lowest BCUT2D eigenvalue weighted by molar-refractivity contribution is -0.162. The topological polar surface area (TPSA) is 125 Å². The molecule has 5 rings (SSSR count). The van der Waals surface area contributed by atoms with Crippen molar-refractivity contribution in [3.8, 4) is 0 Å². The van der Waals surface area contributed by atoms with Crippen LogP contribution in [0.1, 0.15) is 72.5 Å². The number of allylic oxidation sites excluding steroid dienone is 1. The van der Waals surface area contributed by atoms with Crippen LogP contribution in [0.25, 0.3) is 0 Å². The Morgan fingerprint density at radius 3 is 2.39 bits per heavy atom. The lowest BCUT2D eigenvalue weighted by Crippen LogP contribution is -2.61. The summed E-state index contributed by atoms with van der Waals surface area (Å²) >= 11 is 3.60. The highest BCUT2D eigenvalue weighted by Crippen LogP contribution is 2.59. The quantitative estimate of drug-likeness (QED) is 0.351. The van der Waals surface area contributed by atoms with Gasteiger partial charge < -0.3 is 29.7 Å². The number of carbonyl (C=O) groups is 4. The predicted molar refractivity (Wildman–Crippen MR) is 175 cm³/mol. The van der Waals surface area contributed by atoms with Gasteiger partial charge in [-0.05, 0) is 58.1 Å². The number of halogens is 1. The monoisotopic (exact) mass is 699 g/mol. The Morgan fingerprint density at radius 1 is 1.07 bits per heavy atom. The van der Waals surface area contributed by atoms with Gasteiger partial charge in [-0.25, -0.2) is 0 Å². The van der Waals surface area contributed by atoms with E-state index in [1.807, 2.05) is 77.1 Å². The maximum atomic E-state index is 14.9. The van der Waals surface area contributed by atoms with Gasteiger partial charge in [-0.3, -0.25) is 19.2 Å². The molecule has 0 aliphatic carbocycles. The summed E-state index contributed by atoms with van der Waals surface area (Å²) in [7, 11) is 0. The number of hydrogen-bond acceptors (Lipinski definition) is 7. The minimum atomic E-state index is -1.45. The molecule has 4 aliphatic heterocycles. The molecule has 0 saturated carbocycles. The molecule has 4 aliphatic rings. The third-order valence-corrected chi connectivity index (χ3v) is 10.2. The number of fused-ring (bicyclic) bond motifs is 2. The zero-order valence-electron chi connectivity index (χ0n) is 27.4. The number of ether oxygens (including phenoxy) is 2. The maximum absolute atomic E-state index is 14.9. The molecule has 2 saturated heterocycles. The number of aliphatic hydroxyl groups is 1. The van der Waals surface area contributed by atoms with E-state index in [1.54, 1.807) is 17.9 Å². The Bertz CT molecular complexity index is 1410. The molecule has 1 spiro atoms. The number of aliphatic hydroxyl groups excluding tert-OH is 1. The zero-order chi connectivity index (χ0) is 33.6. The average Bonchev–Trinajstić information content (AvgIpc) is 3.58. The molecule has 250 valence electrons. The van der Waals surface area contributed by atoms with Crippen molar-refractivity contribution in [2.45, 2.75) is 102 Å². The highest BCUT2D eigenvalue weighted by Gasteiger charge is 2.75. The summed E-state index contributed by atoms with van der Waals surface area (Å²) in [5.41, 5.74) is -1.40. The van der Waals surface area contributed by atoms with E-state index >= 15 is 0 Å². The van der Waals surface area contributed by atoms with Crippen LogP contribution in [0.2, 0.25) is 0 Å². The van der Waals surface area contributed by atoms with E-state index in [1.165, 1.54) is 4.90 Å². The average molecular weight is 701 g/mol. The fourth-order valence-electron chi connectivity index (χ4n) is 7.48. The largest absolute Gasteiger partial charge is 0.455 e. The highest BCUT2D eigenvalue weighted by molar-refractivity contribution is 9.11. The molecule has 2 fully saturated rings. The molecule has 3 amide bonds. The molecular formula is C35H46BrN3O7. The maximum Gasteiger partial charge on any atom is 0.313 e. The van der Waals surface area contributed by atoms with Crippen molar-refractivity contribution in [3.05, 3.63) is 58.6 Å². The van der Waals surface area contributed by atoms with Crippen LogP contribution < -0.4 is 5.32 Å². The smallest absolute Gasteiger partial charge is 0.313 e. The molecule has 8 atom stereocenters. The van der Waals surface area contributed by atoms with Crippen LogP contribution in [-0.2, 0) is 28.7 Å². The van der Waals surface area contributed by atoms with Gasteiger partial charge in [-0.15, -0.1) is 0 Å². The van der Waals surface area contributed by atoms with Crippen molar-refractivity contribution in [3.63, 3.8) is 0 Å². The second kappa shape index (κ2) is 13.2. The van der Waals surface area contributed by atoms with Crippen LogP contribution in [0, 0.1) is 17.8 Å². The number of hydrogen-bond donors (Lipinski definition) is 2. The van der Waals surface area contributed by atoms with E-state index < -0.39 is 65.2 Å². The first-order valence-corrected chi connectivity index (χ1v) is 17.0. The predicted octanol–water partition coefficient (Wildman–Crippen LogP) is 4.03. The summed E-state index contributed by atoms with van der Waals surface area (Å²) < 4.78 is 13.4. The van der Waals surface area contributed by atoms with E-state index in [0.29, 0.717) is 22.9 Å². The van der Waals surface area contributed by atoms with Crippen molar-refractivity contribution in [2.75, 3.05) is 13.2 Å². The molecule has 0 unspecified atom stereocenters. The number of cyclic esters (lactones) is 1. The molecule has 11 heteroatoms. The fraction of sp³-hybridized carbons (Fsp3) is 0.600. The van der Waals surface area contributed by atoms with Crippen LogP contribution >= 0.6 is 15.9 Å². The summed E-state index contributed by atoms with van der Waals surface area (Å²) in [6.07, 6.45) is 4.98. The van der Waals surface area contributed by atoms with Crippen molar-refractivity contribution in [2.24, 2.45) is 17.8 Å². The van der Waals surface area contributed by atoms with Gasteiger partial charge >= 0.3 is 5.97 Å². The van der Waals surface area contributed by atoms with Crippen LogP contribution in [0.4, 0.5) is 0 Å². The first-order valence-electron chi connectivity index (χ1n) is 16.2. The standard InChI is InChI=1S/C35H46BrN3O7/c1-20(2)17-23(19-40)39-30-32(43)38(34(4,5)6)16-12-8-11-15-25(41)37-21(3)28(22-13-9-7-10-14-22)45-33(44)26-27(31(39)42)35(30)18-24(36)29(26)46-35/h7-10,12-14,18,20-21,23,26-30,40H,11,15-17,19H2,1-6H3,(H,37,41)/b12-8-/t21-,23-,26+,27-,28+,29+,30+,35-/m1/s1. The van der Waals surface area contributed by atoms with Gasteiger partial charge in [0.15, 0.2) is 0 Å². The van der Waals surface area contributed by atoms with Crippen LogP contribution in [-0.4, -0.2) is 87.1 Å². The second-order valence-electron chi connectivity index (χ2n) is 14.3. The Morgan fingerprint density at radius 2 is 1.76 bits per heavy atom. The van der Waals surface area contributed by atoms with Gasteiger partial charge in [0.2, 0.25) is 17.7 Å². The number of carbonyl (C=O) groups excluding carboxylic acids is 4. The van der Waals surface area contributed by atoms with Crippen LogP contribution in [0.3, 0.4) is 0 Å². The number of amides is 3. The Kier molecular flexibility index (Phi) is 9.88. The number of nitrogens with one attached hydrogen (secondary N) is 1. The molecule has 5 bridgehead atoms. The Hall–Kier alpha value is -3.02. The normalized spacial score (nSPS) is 33.5. The van der Waals surface area contributed by atoms with Gasteiger partial charge in [0.25, 0.3) is 0 Å². The van der Waals surface area contributed by atoms with E-state index in [0.717, 1.165) is 0 Å². The molecule has 1 aromatic rings. The summed E-state index contributed by atoms with van der Waals surface area (Å²) in [5, 5.41) is 13.6. The van der Waals surface area contributed by atoms with E-state index in [9.17, 15) is 24.3 Å². The van der Waals surface area contributed by atoms with Crippen molar-refractivity contribution in [1.29, 1.82) is 0 Å². The third kappa shape index (κ3) is 6.18. The molecule has 4 heterocycles. The lowest BCUT2D eigenvalue weighted by Gasteiger charge is -2.43. The summed E-state index contributed by atoms with van der Waals surface area (Å²) in [4.78, 5) is 60.0. The number of rotatable bonds is 5. The molecule has 1 aromatic carbocycles. The Labute approximate surface area is 279 Å². The van der Waals surface area contributed by atoms with Crippen LogP contribution in [0.5, 0.6) is 0 Å². The fourth-order valence-corrected chi connectivity index (χ4v) is 8.22. The molecule has 46 heavy (non-hydrogen) atoms. The molecule has 2 N–H and O–H groups in total.